The molecule has 2 aromatic rings. The first-order valence-electron chi connectivity index (χ1n) is 5.59. The Balaban J connectivity index is 2.26. The molecule has 0 radical (unpaired) electrons. The van der Waals surface area contributed by atoms with E-state index in [4.69, 9.17) is 23.2 Å². The van der Waals surface area contributed by atoms with Crippen LogP contribution >= 0.6 is 23.2 Å². The zero-order valence-electron chi connectivity index (χ0n) is 10.3. The molecule has 8 heteroatoms. The normalized spacial score (nSPS) is 10.2. The van der Waals surface area contributed by atoms with Crippen LogP contribution < -0.4 is 5.32 Å². The van der Waals surface area contributed by atoms with E-state index >= 15 is 0 Å². The number of nitrogens with zero attached hydrogens (tertiary/aromatic N) is 1. The SMILES string of the molecule is O=C(Nc1ccc(F)cc1Cl)c1ccc([N+](=O)[O-])cc1Cl. The first-order valence-corrected chi connectivity index (χ1v) is 6.34. The summed E-state index contributed by atoms with van der Waals surface area (Å²) in [5.41, 5.74) is 0.0245. The van der Waals surface area contributed by atoms with Gasteiger partial charge in [-0.15, -0.1) is 0 Å². The smallest absolute Gasteiger partial charge is 0.270 e. The Morgan fingerprint density at radius 2 is 1.86 bits per heavy atom. The van der Waals surface area contributed by atoms with E-state index in [-0.39, 0.29) is 27.0 Å². The molecule has 0 fully saturated rings. The Bertz CT molecular complexity index is 737. The monoisotopic (exact) mass is 328 g/mol. The second kappa shape index (κ2) is 6.07. The molecule has 0 saturated carbocycles. The summed E-state index contributed by atoms with van der Waals surface area (Å²) in [6, 6.07) is 6.95. The van der Waals surface area contributed by atoms with E-state index in [9.17, 15) is 19.3 Å². The number of hydrogen-bond donors (Lipinski definition) is 1. The van der Waals surface area contributed by atoms with E-state index in [0.717, 1.165) is 24.3 Å². The van der Waals surface area contributed by atoms with Crippen LogP contribution in [0.1, 0.15) is 10.4 Å². The van der Waals surface area contributed by atoms with E-state index in [1.165, 1.54) is 12.1 Å². The summed E-state index contributed by atoms with van der Waals surface area (Å²) in [5.74, 6) is -1.14. The number of halogens is 3. The zero-order valence-corrected chi connectivity index (χ0v) is 11.8. The van der Waals surface area contributed by atoms with Gasteiger partial charge in [-0.2, -0.15) is 0 Å². The highest BCUT2D eigenvalue weighted by atomic mass is 35.5. The lowest BCUT2D eigenvalue weighted by molar-refractivity contribution is -0.384. The highest BCUT2D eigenvalue weighted by molar-refractivity contribution is 6.36. The van der Waals surface area contributed by atoms with Gasteiger partial charge in [0, 0.05) is 12.1 Å². The van der Waals surface area contributed by atoms with Gasteiger partial charge in [0.15, 0.2) is 0 Å². The van der Waals surface area contributed by atoms with Gasteiger partial charge in [-0.1, -0.05) is 23.2 Å². The summed E-state index contributed by atoms with van der Waals surface area (Å²) >= 11 is 11.6. The molecule has 0 spiro atoms. The topological polar surface area (TPSA) is 72.2 Å². The number of rotatable bonds is 3. The largest absolute Gasteiger partial charge is 0.321 e. The number of nitro benzene ring substituents is 1. The van der Waals surface area contributed by atoms with Gasteiger partial charge in [-0.3, -0.25) is 14.9 Å². The number of non-ortho nitro benzene ring substituents is 1. The molecular formula is C13H7Cl2FN2O3. The van der Waals surface area contributed by atoms with Crippen molar-refractivity contribution in [1.82, 2.24) is 0 Å². The van der Waals surface area contributed by atoms with Gasteiger partial charge < -0.3 is 5.32 Å². The van der Waals surface area contributed by atoms with Crippen molar-refractivity contribution >= 4 is 40.5 Å². The first-order chi connectivity index (χ1) is 9.88. The van der Waals surface area contributed by atoms with E-state index in [2.05, 4.69) is 5.32 Å². The van der Waals surface area contributed by atoms with Crippen LogP contribution in [0, 0.1) is 15.9 Å². The molecule has 0 heterocycles. The summed E-state index contributed by atoms with van der Waals surface area (Å²) < 4.78 is 12.9. The highest BCUT2D eigenvalue weighted by Crippen LogP contribution is 2.26. The van der Waals surface area contributed by atoms with Crippen LogP contribution in [0.2, 0.25) is 10.0 Å². The molecule has 2 aromatic carbocycles. The van der Waals surface area contributed by atoms with E-state index in [0.29, 0.717) is 0 Å². The van der Waals surface area contributed by atoms with Gasteiger partial charge >= 0.3 is 0 Å². The summed E-state index contributed by atoms with van der Waals surface area (Å²) in [4.78, 5) is 22.0. The van der Waals surface area contributed by atoms with Gasteiger partial charge in [0.2, 0.25) is 0 Å². The Morgan fingerprint density at radius 3 is 2.43 bits per heavy atom. The lowest BCUT2D eigenvalue weighted by Gasteiger charge is -2.08. The first kappa shape index (κ1) is 15.2. The van der Waals surface area contributed by atoms with Crippen LogP contribution in [0.15, 0.2) is 36.4 Å². The number of anilines is 1. The standard InChI is InChI=1S/C13H7Cl2FN2O3/c14-10-6-8(18(20)21)2-3-9(10)13(19)17-12-4-1-7(16)5-11(12)15/h1-6H,(H,17,19). The molecule has 0 aliphatic rings. The van der Waals surface area contributed by atoms with Gasteiger partial charge in [0.1, 0.15) is 5.82 Å². The summed E-state index contributed by atoms with van der Waals surface area (Å²) in [6.45, 7) is 0. The number of carbonyl (C=O) groups excluding carboxylic acids is 1. The number of benzene rings is 2. The Kier molecular flexibility index (Phi) is 4.40. The number of nitrogens with one attached hydrogen (secondary N) is 1. The number of nitro groups is 1. The zero-order chi connectivity index (χ0) is 15.6. The Hall–Kier alpha value is -2.18. The third kappa shape index (κ3) is 3.48. The van der Waals surface area contributed by atoms with Gasteiger partial charge in [-0.05, 0) is 24.3 Å². The molecule has 5 nitrogen and oxygen atoms in total. The lowest BCUT2D eigenvalue weighted by Crippen LogP contribution is -2.13. The second-order valence-electron chi connectivity index (χ2n) is 4.00. The molecule has 0 bridgehead atoms. The average molecular weight is 329 g/mol. The predicted molar refractivity (Wildman–Crippen MR) is 77.5 cm³/mol. The van der Waals surface area contributed by atoms with Crippen LogP contribution in [0.4, 0.5) is 15.8 Å². The maximum Gasteiger partial charge on any atom is 0.270 e. The molecule has 21 heavy (non-hydrogen) atoms. The third-order valence-electron chi connectivity index (χ3n) is 2.59. The quantitative estimate of drug-likeness (QED) is 0.674. The van der Waals surface area contributed by atoms with Crippen LogP contribution in [-0.2, 0) is 0 Å². The summed E-state index contributed by atoms with van der Waals surface area (Å²) in [5, 5.41) is 13.0. The molecule has 1 N–H and O–H groups in total. The minimum Gasteiger partial charge on any atom is -0.321 e. The predicted octanol–water partition coefficient (Wildman–Crippen LogP) is 4.29. The van der Waals surface area contributed by atoms with Crippen LogP contribution in [0.5, 0.6) is 0 Å². The minimum atomic E-state index is -0.621. The molecule has 2 rings (SSSR count). The average Bonchev–Trinajstić information content (AvgIpc) is 2.41. The van der Waals surface area contributed by atoms with Crippen molar-refractivity contribution in [3.8, 4) is 0 Å². The molecule has 108 valence electrons. The van der Waals surface area contributed by atoms with Crippen molar-refractivity contribution in [2.24, 2.45) is 0 Å². The molecule has 1 amide bonds. The number of carbonyl (C=O) groups is 1. The Labute approximate surface area is 128 Å². The molecule has 0 saturated heterocycles. The molecule has 0 unspecified atom stereocenters. The van der Waals surface area contributed by atoms with Crippen molar-refractivity contribution < 1.29 is 14.1 Å². The number of amides is 1. The fraction of sp³-hybridized carbons (Fsp3) is 0. The molecule has 0 atom stereocenters. The molecular weight excluding hydrogens is 322 g/mol. The number of hydrogen-bond acceptors (Lipinski definition) is 3. The third-order valence-corrected chi connectivity index (χ3v) is 3.21. The van der Waals surface area contributed by atoms with Crippen LogP contribution in [0.25, 0.3) is 0 Å². The molecule has 0 aromatic heterocycles. The van der Waals surface area contributed by atoms with E-state index < -0.39 is 16.6 Å². The van der Waals surface area contributed by atoms with Gasteiger partial charge in [0.05, 0.1) is 26.2 Å². The van der Waals surface area contributed by atoms with Gasteiger partial charge in [-0.25, -0.2) is 4.39 Å². The van der Waals surface area contributed by atoms with Crippen LogP contribution in [-0.4, -0.2) is 10.8 Å². The lowest BCUT2D eigenvalue weighted by atomic mass is 10.2. The van der Waals surface area contributed by atoms with Crippen molar-refractivity contribution in [3.05, 3.63) is 67.9 Å². The van der Waals surface area contributed by atoms with Gasteiger partial charge in [0.25, 0.3) is 11.6 Å². The maximum absolute atomic E-state index is 12.9. The maximum atomic E-state index is 12.9. The molecule has 0 aliphatic carbocycles. The van der Waals surface area contributed by atoms with Crippen molar-refractivity contribution in [1.29, 1.82) is 0 Å². The Morgan fingerprint density at radius 1 is 1.14 bits per heavy atom. The highest BCUT2D eigenvalue weighted by Gasteiger charge is 2.16. The van der Waals surface area contributed by atoms with Crippen LogP contribution in [0.3, 0.4) is 0 Å². The fourth-order valence-electron chi connectivity index (χ4n) is 1.58. The summed E-state index contributed by atoms with van der Waals surface area (Å²) in [7, 11) is 0. The molecule has 0 aliphatic heterocycles. The van der Waals surface area contributed by atoms with Crippen molar-refractivity contribution in [3.63, 3.8) is 0 Å². The van der Waals surface area contributed by atoms with E-state index in [1.54, 1.807) is 0 Å². The summed E-state index contributed by atoms with van der Waals surface area (Å²) in [6.07, 6.45) is 0. The minimum absolute atomic E-state index is 0.0291. The van der Waals surface area contributed by atoms with E-state index in [1.807, 2.05) is 0 Å². The van der Waals surface area contributed by atoms with Crippen molar-refractivity contribution in [2.45, 2.75) is 0 Å². The van der Waals surface area contributed by atoms with Crippen molar-refractivity contribution in [2.75, 3.05) is 5.32 Å². The second-order valence-corrected chi connectivity index (χ2v) is 4.81. The fourth-order valence-corrected chi connectivity index (χ4v) is 2.06.